The highest BCUT2D eigenvalue weighted by Crippen LogP contribution is 2.10. The lowest BCUT2D eigenvalue weighted by Gasteiger charge is -2.09. The van der Waals surface area contributed by atoms with Crippen molar-refractivity contribution >= 4 is 27.3 Å². The van der Waals surface area contributed by atoms with E-state index in [4.69, 9.17) is 5.73 Å². The summed E-state index contributed by atoms with van der Waals surface area (Å²) in [6.07, 6.45) is 0.918. The lowest BCUT2D eigenvalue weighted by atomic mass is 10.1. The number of nitrogens with two attached hydrogens (primary N) is 1. The Hall–Kier alpha value is -1.90. The van der Waals surface area contributed by atoms with E-state index in [1.165, 1.54) is 4.88 Å². The summed E-state index contributed by atoms with van der Waals surface area (Å²) < 4.78 is 26.5. The summed E-state index contributed by atoms with van der Waals surface area (Å²) in [6.45, 7) is 4.81. The summed E-state index contributed by atoms with van der Waals surface area (Å²) in [5, 5.41) is 5.15. The molecule has 8 heteroatoms. The number of guanidine groups is 1. The van der Waals surface area contributed by atoms with E-state index >= 15 is 0 Å². The summed E-state index contributed by atoms with van der Waals surface area (Å²) in [5.74, 6) is 0.385. The van der Waals surface area contributed by atoms with E-state index in [1.54, 1.807) is 25.2 Å². The van der Waals surface area contributed by atoms with Crippen molar-refractivity contribution in [3.05, 3.63) is 57.8 Å². The number of hydrogen-bond donors (Lipinski definition) is 3. The van der Waals surface area contributed by atoms with Crippen LogP contribution in [0, 0.1) is 0 Å². The lowest BCUT2D eigenvalue weighted by molar-refractivity contribution is 0.569. The molecule has 2 aromatic rings. The molecule has 0 saturated carbocycles. The maximum absolute atomic E-state index is 11.9. The van der Waals surface area contributed by atoms with Crippen LogP contribution in [0.3, 0.4) is 0 Å². The van der Waals surface area contributed by atoms with Crippen molar-refractivity contribution in [3.63, 3.8) is 0 Å². The molecule has 1 aromatic heterocycles. The molecule has 0 atom stereocenters. The molecular weight excluding hydrogens is 368 g/mol. The van der Waals surface area contributed by atoms with Crippen molar-refractivity contribution in [1.82, 2.24) is 10.0 Å². The highest BCUT2D eigenvalue weighted by Gasteiger charge is 2.12. The zero-order valence-corrected chi connectivity index (χ0v) is 16.7. The molecule has 26 heavy (non-hydrogen) atoms. The highest BCUT2D eigenvalue weighted by atomic mass is 32.2. The molecule has 0 saturated heterocycles. The van der Waals surface area contributed by atoms with Gasteiger partial charge in [0.15, 0.2) is 5.96 Å². The second-order valence-electron chi connectivity index (χ2n) is 6.31. The van der Waals surface area contributed by atoms with Gasteiger partial charge < -0.3 is 11.1 Å². The Kier molecular flexibility index (Phi) is 7.62. The Balaban J connectivity index is 1.80. The van der Waals surface area contributed by atoms with Crippen LogP contribution in [0.1, 0.15) is 29.9 Å². The molecule has 0 amide bonds. The molecule has 1 aromatic carbocycles. The van der Waals surface area contributed by atoms with Crippen LogP contribution >= 0.6 is 11.3 Å². The highest BCUT2D eigenvalue weighted by molar-refractivity contribution is 7.88. The van der Waals surface area contributed by atoms with E-state index in [0.29, 0.717) is 12.5 Å². The SMILES string of the molecule is CC(C)NS(=O)(=O)Cc1ccc(CN=C(N)NCCc2cccs2)cc1. The smallest absolute Gasteiger partial charge is 0.216 e. The largest absolute Gasteiger partial charge is 0.370 e. The number of sulfonamides is 1. The van der Waals surface area contributed by atoms with E-state index in [1.807, 2.05) is 30.3 Å². The van der Waals surface area contributed by atoms with Crippen molar-refractivity contribution in [2.24, 2.45) is 10.7 Å². The van der Waals surface area contributed by atoms with Gasteiger partial charge in [0.25, 0.3) is 0 Å². The first kappa shape index (κ1) is 20.4. The average molecular weight is 395 g/mol. The summed E-state index contributed by atoms with van der Waals surface area (Å²) in [6, 6.07) is 11.4. The Morgan fingerprint density at radius 1 is 1.19 bits per heavy atom. The minimum Gasteiger partial charge on any atom is -0.370 e. The van der Waals surface area contributed by atoms with E-state index in [2.05, 4.69) is 26.5 Å². The van der Waals surface area contributed by atoms with Crippen molar-refractivity contribution in [2.45, 2.75) is 38.6 Å². The normalized spacial score (nSPS) is 12.5. The molecular formula is C18H26N4O2S2. The van der Waals surface area contributed by atoms with Gasteiger partial charge in [0.05, 0.1) is 12.3 Å². The summed E-state index contributed by atoms with van der Waals surface area (Å²) >= 11 is 1.72. The first-order chi connectivity index (χ1) is 12.3. The predicted molar refractivity (Wildman–Crippen MR) is 109 cm³/mol. The number of aliphatic imine (C=N–C) groups is 1. The molecule has 1 heterocycles. The summed E-state index contributed by atoms with van der Waals surface area (Å²) in [4.78, 5) is 5.62. The van der Waals surface area contributed by atoms with E-state index in [9.17, 15) is 8.42 Å². The Labute approximate surface area is 159 Å². The first-order valence-corrected chi connectivity index (χ1v) is 11.0. The van der Waals surface area contributed by atoms with Crippen LogP contribution in [0.5, 0.6) is 0 Å². The molecule has 4 N–H and O–H groups in total. The molecule has 0 fully saturated rings. The third-order valence-electron chi connectivity index (χ3n) is 3.48. The number of rotatable bonds is 9. The second kappa shape index (κ2) is 9.70. The van der Waals surface area contributed by atoms with Crippen LogP contribution in [0.4, 0.5) is 0 Å². The fourth-order valence-electron chi connectivity index (χ4n) is 2.36. The fourth-order valence-corrected chi connectivity index (χ4v) is 4.50. The third-order valence-corrected chi connectivity index (χ3v) is 5.96. The number of benzene rings is 1. The molecule has 0 aliphatic carbocycles. The first-order valence-electron chi connectivity index (χ1n) is 8.48. The number of thiophene rings is 1. The monoisotopic (exact) mass is 394 g/mol. The van der Waals surface area contributed by atoms with Crippen molar-refractivity contribution in [1.29, 1.82) is 0 Å². The maximum Gasteiger partial charge on any atom is 0.216 e. The van der Waals surface area contributed by atoms with Crippen LogP contribution in [0.25, 0.3) is 0 Å². The van der Waals surface area contributed by atoms with Gasteiger partial charge >= 0.3 is 0 Å². The second-order valence-corrected chi connectivity index (χ2v) is 9.09. The fraction of sp³-hybridized carbons (Fsp3) is 0.389. The van der Waals surface area contributed by atoms with Crippen LogP contribution in [-0.4, -0.2) is 27.0 Å². The van der Waals surface area contributed by atoms with Gasteiger partial charge in [-0.15, -0.1) is 11.3 Å². The summed E-state index contributed by atoms with van der Waals surface area (Å²) in [7, 11) is -3.31. The van der Waals surface area contributed by atoms with Gasteiger partial charge in [0.1, 0.15) is 0 Å². The number of hydrogen-bond acceptors (Lipinski definition) is 4. The minimum atomic E-state index is -3.31. The number of nitrogens with one attached hydrogen (secondary N) is 2. The molecule has 0 spiro atoms. The topological polar surface area (TPSA) is 96.6 Å². The van der Waals surface area contributed by atoms with Crippen LogP contribution in [-0.2, 0) is 28.7 Å². The Bertz CT molecular complexity index is 798. The zero-order chi connectivity index (χ0) is 19.0. The Morgan fingerprint density at radius 2 is 1.88 bits per heavy atom. The third kappa shape index (κ3) is 7.55. The predicted octanol–water partition coefficient (Wildman–Crippen LogP) is 2.22. The quantitative estimate of drug-likeness (QED) is 0.449. The van der Waals surface area contributed by atoms with Gasteiger partial charge in [0, 0.05) is 17.5 Å². The van der Waals surface area contributed by atoms with Crippen molar-refractivity contribution in [2.75, 3.05) is 6.54 Å². The number of nitrogens with zero attached hydrogens (tertiary/aromatic N) is 1. The van der Waals surface area contributed by atoms with Gasteiger partial charge in [-0.1, -0.05) is 30.3 Å². The van der Waals surface area contributed by atoms with E-state index in [-0.39, 0.29) is 11.8 Å². The average Bonchev–Trinajstić information content (AvgIpc) is 3.06. The van der Waals surface area contributed by atoms with Gasteiger partial charge in [-0.2, -0.15) is 0 Å². The van der Waals surface area contributed by atoms with Gasteiger partial charge in [-0.05, 0) is 42.8 Å². The molecule has 0 aliphatic rings. The van der Waals surface area contributed by atoms with Crippen molar-refractivity contribution < 1.29 is 8.42 Å². The summed E-state index contributed by atoms with van der Waals surface area (Å²) in [5.41, 5.74) is 7.60. The Morgan fingerprint density at radius 3 is 2.50 bits per heavy atom. The van der Waals surface area contributed by atoms with Crippen LogP contribution < -0.4 is 15.8 Å². The molecule has 0 unspecified atom stereocenters. The van der Waals surface area contributed by atoms with E-state index in [0.717, 1.165) is 24.1 Å². The maximum atomic E-state index is 11.9. The van der Waals surface area contributed by atoms with Crippen LogP contribution in [0.2, 0.25) is 0 Å². The van der Waals surface area contributed by atoms with Crippen LogP contribution in [0.15, 0.2) is 46.8 Å². The molecule has 0 bridgehead atoms. The van der Waals surface area contributed by atoms with E-state index < -0.39 is 10.0 Å². The van der Waals surface area contributed by atoms with Gasteiger partial charge in [-0.3, -0.25) is 0 Å². The van der Waals surface area contributed by atoms with Gasteiger partial charge in [-0.25, -0.2) is 18.1 Å². The molecule has 142 valence electrons. The standard InChI is InChI=1S/C18H26N4O2S2/c1-14(2)22-26(23,24)13-16-7-5-15(6-8-16)12-21-18(19)20-10-9-17-4-3-11-25-17/h3-8,11,14,22H,9-10,12-13H2,1-2H3,(H3,19,20,21). The molecule has 0 radical (unpaired) electrons. The minimum absolute atomic E-state index is 0.0266. The molecule has 2 rings (SSSR count). The van der Waals surface area contributed by atoms with Gasteiger partial charge in [0.2, 0.25) is 10.0 Å². The van der Waals surface area contributed by atoms with Crippen molar-refractivity contribution in [3.8, 4) is 0 Å². The molecule has 0 aliphatic heterocycles. The lowest BCUT2D eigenvalue weighted by Crippen LogP contribution is -2.33. The zero-order valence-electron chi connectivity index (χ0n) is 15.1. The molecule has 6 nitrogen and oxygen atoms in total.